The van der Waals surface area contributed by atoms with Crippen LogP contribution in [0.15, 0.2) is 75.0 Å². The van der Waals surface area contributed by atoms with Gasteiger partial charge >= 0.3 is 5.97 Å². The first kappa shape index (κ1) is 28.7. The molecule has 0 N–H and O–H groups in total. The summed E-state index contributed by atoms with van der Waals surface area (Å²) in [5.74, 6) is 0.258. The van der Waals surface area contributed by atoms with E-state index in [4.69, 9.17) is 9.47 Å². The largest absolute Gasteiger partial charge is 0.487 e. The van der Waals surface area contributed by atoms with Crippen LogP contribution in [-0.4, -0.2) is 17.1 Å². The van der Waals surface area contributed by atoms with E-state index >= 15 is 0 Å². The summed E-state index contributed by atoms with van der Waals surface area (Å²) in [6, 6.07) is 16.7. The molecule has 0 saturated carbocycles. The Labute approximate surface area is 265 Å². The van der Waals surface area contributed by atoms with Crippen LogP contribution in [0.25, 0.3) is 6.08 Å². The number of nitrogens with zero attached hydrogens (tertiary/aromatic N) is 3. The first-order valence-electron chi connectivity index (χ1n) is 12.1. The number of carbonyl (C=O) groups excluding carboxylic acids is 1. The number of esters is 1. The van der Waals surface area contributed by atoms with Crippen molar-refractivity contribution in [2.45, 2.75) is 26.5 Å². The molecule has 202 valence electrons. The van der Waals surface area contributed by atoms with Gasteiger partial charge in [-0.05, 0) is 100 Å². The maximum Gasteiger partial charge on any atom is 0.338 e. The highest BCUT2D eigenvalue weighted by atomic mass is 127. The third-order valence-electron chi connectivity index (χ3n) is 6.16. The molecule has 0 spiro atoms. The van der Waals surface area contributed by atoms with E-state index in [-0.39, 0.29) is 18.8 Å². The lowest BCUT2D eigenvalue weighted by atomic mass is 10.0. The minimum absolute atomic E-state index is 0.213. The third kappa shape index (κ3) is 5.67. The van der Waals surface area contributed by atoms with Gasteiger partial charge < -0.3 is 9.47 Å². The quantitative estimate of drug-likeness (QED) is 0.182. The Hall–Kier alpha value is -2.80. The molecule has 0 amide bonds. The van der Waals surface area contributed by atoms with E-state index in [1.54, 1.807) is 24.5 Å². The number of thiazole rings is 1. The Bertz CT molecular complexity index is 1840. The lowest BCUT2D eigenvalue weighted by molar-refractivity contribution is -0.139. The van der Waals surface area contributed by atoms with Crippen molar-refractivity contribution in [3.05, 3.63) is 114 Å². The van der Waals surface area contributed by atoms with Crippen molar-refractivity contribution < 1.29 is 14.3 Å². The van der Waals surface area contributed by atoms with E-state index in [0.29, 0.717) is 26.2 Å². The summed E-state index contributed by atoms with van der Waals surface area (Å²) in [5, 5.41) is 11.3. The fourth-order valence-electron chi connectivity index (χ4n) is 4.36. The van der Waals surface area contributed by atoms with Gasteiger partial charge in [0, 0.05) is 10.4 Å². The molecule has 1 aliphatic rings. The maximum absolute atomic E-state index is 13.8. The summed E-state index contributed by atoms with van der Waals surface area (Å²) >= 11 is 7.22. The predicted octanol–water partition coefficient (Wildman–Crippen LogP) is 5.52. The molecule has 1 atom stereocenters. The van der Waals surface area contributed by atoms with Crippen LogP contribution in [-0.2, 0) is 16.1 Å². The van der Waals surface area contributed by atoms with E-state index in [9.17, 15) is 14.9 Å². The summed E-state index contributed by atoms with van der Waals surface area (Å²) in [6.45, 7) is 4.05. The van der Waals surface area contributed by atoms with Crippen LogP contribution in [0, 0.1) is 18.5 Å². The second kappa shape index (κ2) is 12.4. The Kier molecular flexibility index (Phi) is 8.89. The van der Waals surface area contributed by atoms with E-state index in [1.165, 1.54) is 22.7 Å². The molecule has 1 aliphatic heterocycles. The maximum atomic E-state index is 13.8. The SMILES string of the molecule is CCOC(=O)C1=C(C)N=c2s/c(=C\c3cc(I)c(OCc4ccccc4C#N)c(I)c3)c(=O)n2[C@@H]1c1cccs1. The molecule has 0 fully saturated rings. The summed E-state index contributed by atoms with van der Waals surface area (Å²) in [5.41, 5.74) is 2.97. The summed E-state index contributed by atoms with van der Waals surface area (Å²) < 4.78 is 15.3. The van der Waals surface area contributed by atoms with Crippen molar-refractivity contribution in [1.29, 1.82) is 5.26 Å². The Morgan fingerprint density at radius 1 is 1.20 bits per heavy atom. The van der Waals surface area contributed by atoms with Crippen molar-refractivity contribution in [3.8, 4) is 11.8 Å². The van der Waals surface area contributed by atoms with Crippen molar-refractivity contribution in [3.63, 3.8) is 0 Å². The zero-order chi connectivity index (χ0) is 28.4. The van der Waals surface area contributed by atoms with Gasteiger partial charge in [0.05, 0.1) is 41.2 Å². The first-order chi connectivity index (χ1) is 19.3. The van der Waals surface area contributed by atoms with E-state index < -0.39 is 12.0 Å². The highest BCUT2D eigenvalue weighted by Crippen LogP contribution is 2.33. The number of hydrogen-bond acceptors (Lipinski definition) is 8. The van der Waals surface area contributed by atoms with E-state index in [1.807, 2.05) is 53.9 Å². The van der Waals surface area contributed by atoms with Crippen LogP contribution < -0.4 is 19.6 Å². The molecule has 7 nitrogen and oxygen atoms in total. The minimum Gasteiger partial charge on any atom is -0.487 e. The number of rotatable bonds is 7. The van der Waals surface area contributed by atoms with Gasteiger partial charge in [-0.15, -0.1) is 11.3 Å². The van der Waals surface area contributed by atoms with Crippen molar-refractivity contribution >= 4 is 79.9 Å². The number of aromatic nitrogens is 1. The Morgan fingerprint density at radius 2 is 1.95 bits per heavy atom. The molecule has 0 bridgehead atoms. The molecule has 0 saturated heterocycles. The second-order valence-corrected chi connectivity index (χ2v) is 13.0. The Balaban J connectivity index is 1.53. The fourth-order valence-corrected chi connectivity index (χ4v) is 8.36. The molecule has 2 aromatic heterocycles. The van der Waals surface area contributed by atoms with E-state index in [2.05, 4.69) is 56.2 Å². The zero-order valence-electron chi connectivity index (χ0n) is 21.3. The first-order valence-corrected chi connectivity index (χ1v) is 16.0. The highest BCUT2D eigenvalue weighted by Gasteiger charge is 2.33. The summed E-state index contributed by atoms with van der Waals surface area (Å²) in [7, 11) is 0. The lowest BCUT2D eigenvalue weighted by Crippen LogP contribution is -2.39. The second-order valence-electron chi connectivity index (χ2n) is 8.69. The van der Waals surface area contributed by atoms with Gasteiger partial charge in [0.15, 0.2) is 4.80 Å². The van der Waals surface area contributed by atoms with Gasteiger partial charge in [-0.2, -0.15) is 5.26 Å². The number of nitriles is 1. The number of ether oxygens (including phenoxy) is 2. The smallest absolute Gasteiger partial charge is 0.338 e. The molecular formula is C29H21I2N3O4S2. The van der Waals surface area contributed by atoms with E-state index in [0.717, 1.165) is 28.9 Å². The zero-order valence-corrected chi connectivity index (χ0v) is 27.3. The molecule has 40 heavy (non-hydrogen) atoms. The number of allylic oxidation sites excluding steroid dienone is 1. The van der Waals surface area contributed by atoms with Crippen LogP contribution >= 0.6 is 67.9 Å². The molecular weight excluding hydrogens is 772 g/mol. The monoisotopic (exact) mass is 793 g/mol. The average molecular weight is 793 g/mol. The van der Waals surface area contributed by atoms with Gasteiger partial charge in [-0.1, -0.05) is 35.6 Å². The van der Waals surface area contributed by atoms with Gasteiger partial charge in [0.2, 0.25) is 0 Å². The molecule has 0 radical (unpaired) electrons. The molecule has 0 unspecified atom stereocenters. The number of fused-ring (bicyclic) bond motifs is 1. The Morgan fingerprint density at radius 3 is 2.62 bits per heavy atom. The highest BCUT2D eigenvalue weighted by molar-refractivity contribution is 14.1. The molecule has 0 aliphatic carbocycles. The van der Waals surface area contributed by atoms with Crippen LogP contribution in [0.4, 0.5) is 0 Å². The van der Waals surface area contributed by atoms with Crippen molar-refractivity contribution in [2.24, 2.45) is 4.99 Å². The average Bonchev–Trinajstić information content (AvgIpc) is 3.56. The van der Waals surface area contributed by atoms with Gasteiger partial charge in [-0.3, -0.25) is 9.36 Å². The molecule has 5 rings (SSSR count). The standard InChI is InChI=1S/C29H21I2N3O4S2/c1-3-37-28(36)24-16(2)33-29-34(25(24)22-9-6-10-39-22)27(35)23(40-29)13-17-11-20(30)26(21(31)12-17)38-15-19-8-5-4-7-18(19)14-32/h4-13,25H,3,15H2,1-2H3/b23-13-/t25-/m1/s1. The molecule has 3 heterocycles. The van der Waals surface area contributed by atoms with Crippen LogP contribution in [0.2, 0.25) is 0 Å². The summed E-state index contributed by atoms with van der Waals surface area (Å²) in [4.78, 5) is 32.7. The number of benzene rings is 2. The minimum atomic E-state index is -0.593. The number of halogens is 2. The van der Waals surface area contributed by atoms with Crippen LogP contribution in [0.5, 0.6) is 5.75 Å². The topological polar surface area (TPSA) is 93.7 Å². The van der Waals surface area contributed by atoms with Crippen LogP contribution in [0.3, 0.4) is 0 Å². The fraction of sp³-hybridized carbons (Fsp3) is 0.172. The number of thiophene rings is 1. The van der Waals surface area contributed by atoms with Gasteiger partial charge in [0.1, 0.15) is 18.4 Å². The number of carbonyl (C=O) groups is 1. The lowest BCUT2D eigenvalue weighted by Gasteiger charge is -2.23. The van der Waals surface area contributed by atoms with Crippen LogP contribution in [0.1, 0.15) is 41.5 Å². The van der Waals surface area contributed by atoms with Gasteiger partial charge in [-0.25, -0.2) is 9.79 Å². The normalized spacial score (nSPS) is 14.9. The number of hydrogen-bond donors (Lipinski definition) is 0. The molecule has 2 aromatic carbocycles. The van der Waals surface area contributed by atoms with Crippen molar-refractivity contribution in [1.82, 2.24) is 4.57 Å². The molecule has 4 aromatic rings. The third-order valence-corrected chi connectivity index (χ3v) is 9.67. The summed E-state index contributed by atoms with van der Waals surface area (Å²) in [6.07, 6.45) is 1.85. The molecule has 11 heteroatoms. The van der Waals surface area contributed by atoms with Crippen molar-refractivity contribution in [2.75, 3.05) is 6.61 Å². The predicted molar refractivity (Wildman–Crippen MR) is 172 cm³/mol. The van der Waals surface area contributed by atoms with Gasteiger partial charge in [0.25, 0.3) is 5.56 Å².